The molecule has 1 rings (SSSR count). The molecule has 0 aromatic heterocycles. The molecular formula is C21H40N10O2. The van der Waals surface area contributed by atoms with Gasteiger partial charge in [-0.15, -0.1) is 0 Å². The summed E-state index contributed by atoms with van der Waals surface area (Å²) in [4.78, 5) is 13.9. The number of carboxylic acid groups (broad SMARTS) is 1. The fourth-order valence-electron chi connectivity index (χ4n) is 1.97. The third kappa shape index (κ3) is 22.9. The molecule has 0 unspecified atom stereocenters. The summed E-state index contributed by atoms with van der Waals surface area (Å²) in [5, 5.41) is 12.4. The van der Waals surface area contributed by atoms with Gasteiger partial charge in [0.1, 0.15) is 6.54 Å². The zero-order valence-electron chi connectivity index (χ0n) is 19.1. The summed E-state index contributed by atoms with van der Waals surface area (Å²) in [5.74, 6) is 4.94. The smallest absolute Gasteiger partial charge is 0.319 e. The Balaban J connectivity index is 0. The van der Waals surface area contributed by atoms with Crippen molar-refractivity contribution in [2.75, 3.05) is 32.7 Å². The van der Waals surface area contributed by atoms with Crippen LogP contribution in [-0.4, -0.2) is 54.8 Å². The van der Waals surface area contributed by atoms with E-state index in [2.05, 4.69) is 23.5 Å². The number of carboxylic acids is 1. The molecule has 12 heteroatoms. The molecule has 0 aliphatic rings. The van der Waals surface area contributed by atoms with E-state index in [0.717, 1.165) is 17.5 Å². The van der Waals surface area contributed by atoms with Crippen molar-refractivity contribution in [3.63, 3.8) is 0 Å². The number of aliphatic carboxylic acids is 1. The second-order valence-corrected chi connectivity index (χ2v) is 6.57. The van der Waals surface area contributed by atoms with E-state index in [9.17, 15) is 4.79 Å². The Morgan fingerprint density at radius 1 is 1.09 bits per heavy atom. The van der Waals surface area contributed by atoms with Gasteiger partial charge in [-0.05, 0) is 17.5 Å². The predicted molar refractivity (Wildman–Crippen MR) is 136 cm³/mol. The third-order valence-corrected chi connectivity index (χ3v) is 3.55. The molecule has 0 aliphatic heterocycles. The Morgan fingerprint density at radius 2 is 1.70 bits per heavy atom. The maximum Gasteiger partial charge on any atom is 0.319 e. The molecular weight excluding hydrogens is 424 g/mol. The minimum atomic E-state index is -0.932. The average molecular weight is 465 g/mol. The number of hydrazine groups is 1. The van der Waals surface area contributed by atoms with Crippen LogP contribution in [0.2, 0.25) is 0 Å². The number of nitrogens with two attached hydrogens (primary N) is 7. The van der Waals surface area contributed by atoms with Crippen molar-refractivity contribution >= 4 is 17.6 Å². The van der Waals surface area contributed by atoms with Gasteiger partial charge in [-0.3, -0.25) is 10.6 Å². The van der Waals surface area contributed by atoms with Gasteiger partial charge < -0.3 is 44.8 Å². The number of benzene rings is 1. The highest BCUT2D eigenvalue weighted by atomic mass is 16.4. The zero-order chi connectivity index (χ0) is 25.6. The summed E-state index contributed by atoms with van der Waals surface area (Å²) in [6.45, 7) is 9.68. The van der Waals surface area contributed by atoms with E-state index < -0.39 is 5.97 Å². The van der Waals surface area contributed by atoms with Gasteiger partial charge in [0.25, 0.3) is 0 Å². The van der Waals surface area contributed by atoms with E-state index in [0.29, 0.717) is 44.2 Å². The van der Waals surface area contributed by atoms with E-state index >= 15 is 0 Å². The number of aliphatic imine (C=N–C) groups is 1. The summed E-state index contributed by atoms with van der Waals surface area (Å²) in [6, 6.07) is 7.75. The van der Waals surface area contributed by atoms with Gasteiger partial charge in [0, 0.05) is 31.9 Å². The number of guanidine groups is 1. The molecule has 33 heavy (non-hydrogen) atoms. The molecule has 0 fully saturated rings. The lowest BCUT2D eigenvalue weighted by molar-refractivity contribution is -0.138. The van der Waals surface area contributed by atoms with Crippen LogP contribution in [0.25, 0.3) is 5.70 Å². The first-order valence-corrected chi connectivity index (χ1v) is 10.1. The van der Waals surface area contributed by atoms with E-state index in [4.69, 9.17) is 45.4 Å². The first-order chi connectivity index (χ1) is 15.5. The van der Waals surface area contributed by atoms with Gasteiger partial charge in [-0.2, -0.15) is 0 Å². The third-order valence-electron chi connectivity index (χ3n) is 3.55. The number of hydrogen-bond acceptors (Lipinski definition) is 9. The normalized spacial score (nSPS) is 9.82. The van der Waals surface area contributed by atoms with Gasteiger partial charge in [0.2, 0.25) is 0 Å². The van der Waals surface area contributed by atoms with Crippen molar-refractivity contribution in [2.24, 2.45) is 45.2 Å². The molecule has 0 radical (unpaired) electrons. The standard InChI is InChI=1S/C9H12N2.C7H16N4O2.C5H12N4/c1-7(11)9-4-2-8(6-10)3-5-9;1-6(8)10-3-2-4-11(9)5-7(12)13;6-3-1-2-4-9-5(7)8/h2-5H,1,6,10-11H2;10H,1-5,8-9H2,(H,12,13);1-2H,3-4,6H2,(H4,7,8,9)/b;;2-1+. The van der Waals surface area contributed by atoms with Crippen molar-refractivity contribution in [3.8, 4) is 0 Å². The molecule has 0 atom stereocenters. The Morgan fingerprint density at radius 3 is 2.12 bits per heavy atom. The van der Waals surface area contributed by atoms with Crippen molar-refractivity contribution in [1.29, 1.82) is 0 Å². The summed E-state index contributed by atoms with van der Waals surface area (Å²) in [7, 11) is 0. The zero-order valence-corrected chi connectivity index (χ0v) is 19.1. The van der Waals surface area contributed by atoms with Crippen molar-refractivity contribution in [3.05, 3.63) is 66.5 Å². The molecule has 0 saturated heterocycles. The first-order valence-electron chi connectivity index (χ1n) is 10.1. The van der Waals surface area contributed by atoms with Crippen molar-refractivity contribution in [2.45, 2.75) is 13.0 Å². The van der Waals surface area contributed by atoms with E-state index in [1.807, 2.05) is 24.3 Å². The number of nitrogens with one attached hydrogen (secondary N) is 1. The van der Waals surface area contributed by atoms with Crippen LogP contribution in [0, 0.1) is 0 Å². The Bertz CT molecular complexity index is 744. The number of nitrogens with zero attached hydrogens (tertiary/aromatic N) is 2. The fourth-order valence-corrected chi connectivity index (χ4v) is 1.97. The molecule has 0 saturated carbocycles. The number of hydrogen-bond donors (Lipinski definition) is 9. The molecule has 1 aromatic carbocycles. The molecule has 0 spiro atoms. The highest BCUT2D eigenvalue weighted by Crippen LogP contribution is 2.07. The lowest BCUT2D eigenvalue weighted by Crippen LogP contribution is -2.37. The lowest BCUT2D eigenvalue weighted by Gasteiger charge is -2.13. The van der Waals surface area contributed by atoms with Gasteiger partial charge in [0.15, 0.2) is 5.96 Å². The fraction of sp³-hybridized carbons (Fsp3) is 0.333. The van der Waals surface area contributed by atoms with Gasteiger partial charge >= 0.3 is 5.97 Å². The second-order valence-electron chi connectivity index (χ2n) is 6.57. The Kier molecular flexibility index (Phi) is 19.5. The lowest BCUT2D eigenvalue weighted by atomic mass is 10.1. The van der Waals surface area contributed by atoms with E-state index in [-0.39, 0.29) is 12.5 Å². The molecule has 186 valence electrons. The van der Waals surface area contributed by atoms with Gasteiger partial charge in [-0.1, -0.05) is 49.6 Å². The largest absolute Gasteiger partial charge is 0.480 e. The number of carbonyl (C=O) groups is 1. The van der Waals surface area contributed by atoms with Crippen LogP contribution in [0.15, 0.2) is 60.4 Å². The van der Waals surface area contributed by atoms with Crippen LogP contribution >= 0.6 is 0 Å². The van der Waals surface area contributed by atoms with Crippen LogP contribution in [-0.2, 0) is 11.3 Å². The van der Waals surface area contributed by atoms with Crippen LogP contribution in [0.4, 0.5) is 0 Å². The minimum absolute atomic E-state index is 0.108. The Hall–Kier alpha value is -3.58. The van der Waals surface area contributed by atoms with Crippen molar-refractivity contribution in [1.82, 2.24) is 10.3 Å². The average Bonchev–Trinajstić information content (AvgIpc) is 2.74. The molecule has 0 heterocycles. The van der Waals surface area contributed by atoms with Crippen LogP contribution in [0.3, 0.4) is 0 Å². The predicted octanol–water partition coefficient (Wildman–Crippen LogP) is -1.49. The van der Waals surface area contributed by atoms with Crippen LogP contribution < -0.4 is 45.6 Å². The monoisotopic (exact) mass is 464 g/mol. The maximum atomic E-state index is 10.2. The van der Waals surface area contributed by atoms with Gasteiger partial charge in [0.05, 0.1) is 12.4 Å². The summed E-state index contributed by atoms with van der Waals surface area (Å²) >= 11 is 0. The SMILES string of the molecule is C=C(N)NCCCN(N)CC(=O)O.C=C(N)c1ccc(CN)cc1.NC/C=C/CN=C(N)N. The second kappa shape index (κ2) is 20.3. The van der Waals surface area contributed by atoms with Gasteiger partial charge in [-0.25, -0.2) is 10.0 Å². The molecule has 12 nitrogen and oxygen atoms in total. The number of rotatable bonds is 12. The topological polar surface area (TPSA) is 247 Å². The highest BCUT2D eigenvalue weighted by Gasteiger charge is 2.03. The molecule has 1 aromatic rings. The summed E-state index contributed by atoms with van der Waals surface area (Å²) in [5.41, 5.74) is 34.0. The maximum absolute atomic E-state index is 10.2. The van der Waals surface area contributed by atoms with Crippen LogP contribution in [0.5, 0.6) is 0 Å². The first kappa shape index (κ1) is 31.6. The minimum Gasteiger partial charge on any atom is -0.480 e. The highest BCUT2D eigenvalue weighted by molar-refractivity contribution is 5.75. The quantitative estimate of drug-likeness (QED) is 0.0430. The molecule has 0 bridgehead atoms. The summed E-state index contributed by atoms with van der Waals surface area (Å²) in [6.07, 6.45) is 4.33. The van der Waals surface area contributed by atoms with E-state index in [1.165, 1.54) is 5.01 Å². The van der Waals surface area contributed by atoms with Crippen molar-refractivity contribution < 1.29 is 9.90 Å². The molecule has 0 amide bonds. The Labute approximate surface area is 195 Å². The van der Waals surface area contributed by atoms with Crippen LogP contribution in [0.1, 0.15) is 17.5 Å². The molecule has 16 N–H and O–H groups in total. The molecule has 0 aliphatic carbocycles. The summed E-state index contributed by atoms with van der Waals surface area (Å²) < 4.78 is 0. The van der Waals surface area contributed by atoms with E-state index in [1.54, 1.807) is 12.2 Å².